The number of hydrogen-bond acceptors (Lipinski definition) is 8. The Balaban J connectivity index is 3.95. The van der Waals surface area contributed by atoms with E-state index in [1.165, 1.54) is 212 Å². The summed E-state index contributed by atoms with van der Waals surface area (Å²) in [6, 6.07) is 0. The van der Waals surface area contributed by atoms with Crippen molar-refractivity contribution < 1.29 is 42.1 Å². The van der Waals surface area contributed by atoms with E-state index in [2.05, 4.69) is 135 Å². The standard InChI is InChI=1S/C84H148NO8P/c1-6-8-10-12-14-16-18-20-22-24-26-28-30-32-34-36-38-39-40-41-42-43-44-45-47-48-50-52-54-56-58-60-62-64-66-68-70-72-74-76-83(86)90-80-82(81-92-94(88,89)91-79-78-85(3,4)5)93-84(87)77-75-73-71-69-67-65-63-61-59-57-55-53-51-49-46-37-35-33-31-29-27-25-23-21-19-17-15-13-11-9-7-2/h8-11,14-17,20-23,26-29,33,35,46,49,82H,6-7,12-13,18-19,24-25,30-32,34,36-45,47-48,50-81H2,1-5H3/b10-8-,11-9-,16-14-,17-15-,22-20-,23-21-,28-26-,29-27-,35-33-,49-46-. The maximum absolute atomic E-state index is 12.9. The topological polar surface area (TPSA) is 111 Å². The van der Waals surface area contributed by atoms with E-state index in [1.54, 1.807) is 0 Å². The van der Waals surface area contributed by atoms with Gasteiger partial charge in [-0.2, -0.15) is 0 Å². The van der Waals surface area contributed by atoms with E-state index in [-0.39, 0.29) is 32.0 Å². The van der Waals surface area contributed by atoms with Crippen LogP contribution in [0.5, 0.6) is 0 Å². The largest absolute Gasteiger partial charge is 0.756 e. The van der Waals surface area contributed by atoms with Crippen LogP contribution in [0.3, 0.4) is 0 Å². The van der Waals surface area contributed by atoms with E-state index < -0.39 is 26.5 Å². The number of phosphoric acid groups is 1. The fourth-order valence-corrected chi connectivity index (χ4v) is 11.8. The molecule has 0 aromatic carbocycles. The number of allylic oxidation sites excluding steroid dienone is 20. The molecule has 0 aromatic rings. The predicted molar refractivity (Wildman–Crippen MR) is 406 cm³/mol. The third kappa shape index (κ3) is 77.4. The Labute approximate surface area is 581 Å². The average Bonchev–Trinajstić information content (AvgIpc) is 1.66. The molecule has 0 spiro atoms. The summed E-state index contributed by atoms with van der Waals surface area (Å²) in [6.07, 6.45) is 106. The van der Waals surface area contributed by atoms with Gasteiger partial charge in [0.25, 0.3) is 7.82 Å². The molecule has 0 fully saturated rings. The zero-order valence-electron chi connectivity index (χ0n) is 61.9. The molecule has 0 aromatic heterocycles. The maximum Gasteiger partial charge on any atom is 0.306 e. The van der Waals surface area contributed by atoms with Crippen molar-refractivity contribution in [2.45, 2.75) is 354 Å². The van der Waals surface area contributed by atoms with Crippen LogP contribution in [0.1, 0.15) is 348 Å². The molecule has 0 aliphatic heterocycles. The number of quaternary nitrogens is 1. The molecule has 0 N–H and O–H groups in total. The fourth-order valence-electron chi connectivity index (χ4n) is 11.1. The van der Waals surface area contributed by atoms with Crippen molar-refractivity contribution in [3.63, 3.8) is 0 Å². The Morgan fingerprint density at radius 1 is 0.330 bits per heavy atom. The Kier molecular flexibility index (Phi) is 70.8. The highest BCUT2D eigenvalue weighted by Gasteiger charge is 2.22. The van der Waals surface area contributed by atoms with Gasteiger partial charge in [-0.1, -0.05) is 354 Å². The van der Waals surface area contributed by atoms with Crippen LogP contribution in [0.25, 0.3) is 0 Å². The van der Waals surface area contributed by atoms with Crippen LogP contribution in [-0.2, 0) is 32.7 Å². The van der Waals surface area contributed by atoms with Crippen molar-refractivity contribution in [2.24, 2.45) is 0 Å². The molecule has 0 aliphatic rings. The predicted octanol–water partition coefficient (Wildman–Crippen LogP) is 25.5. The number of phosphoric ester groups is 1. The van der Waals surface area contributed by atoms with E-state index in [0.29, 0.717) is 17.4 Å². The highest BCUT2D eigenvalue weighted by molar-refractivity contribution is 7.45. The SMILES string of the molecule is CC/C=C\C/C=C\C/C=C\C/C=C\C/C=C\C/C=C\CCCCCCCCCCCCCCC(=O)OC(COC(=O)CCCCCCCCCCCCCCCCCCCCCCCCCCCC/C=C\C/C=C\C/C=C\C/C=C\CC)COP(=O)([O-])OCC[N+](C)(C)C. The van der Waals surface area contributed by atoms with Gasteiger partial charge in [-0.05, 0) is 103 Å². The molecule has 0 saturated heterocycles. The second kappa shape index (κ2) is 73.7. The van der Waals surface area contributed by atoms with E-state index in [0.717, 1.165) is 103 Å². The van der Waals surface area contributed by atoms with Crippen LogP contribution in [0, 0.1) is 0 Å². The lowest BCUT2D eigenvalue weighted by Crippen LogP contribution is -2.37. The second-order valence-corrected chi connectivity index (χ2v) is 28.7. The molecular weight excluding hydrogens is 1180 g/mol. The first-order chi connectivity index (χ1) is 46.0. The van der Waals surface area contributed by atoms with Crippen molar-refractivity contribution in [3.05, 3.63) is 122 Å². The van der Waals surface area contributed by atoms with Crippen LogP contribution in [0.15, 0.2) is 122 Å². The summed E-state index contributed by atoms with van der Waals surface area (Å²) in [5.74, 6) is -0.825. The van der Waals surface area contributed by atoms with Crippen molar-refractivity contribution in [1.82, 2.24) is 0 Å². The number of nitrogens with zero attached hydrogens (tertiary/aromatic N) is 1. The number of carbonyl (C=O) groups excluding carboxylic acids is 2. The highest BCUT2D eigenvalue weighted by atomic mass is 31.2. The number of unbranched alkanes of at least 4 members (excludes halogenated alkanes) is 38. The Morgan fingerprint density at radius 2 is 0.574 bits per heavy atom. The number of ether oxygens (including phenoxy) is 2. The van der Waals surface area contributed by atoms with Crippen LogP contribution < -0.4 is 4.89 Å². The third-order valence-corrected chi connectivity index (χ3v) is 17.9. The van der Waals surface area contributed by atoms with Crippen LogP contribution >= 0.6 is 7.82 Å². The van der Waals surface area contributed by atoms with Gasteiger partial charge in [-0.25, -0.2) is 0 Å². The minimum Gasteiger partial charge on any atom is -0.756 e. The van der Waals surface area contributed by atoms with Crippen molar-refractivity contribution in [3.8, 4) is 0 Å². The lowest BCUT2D eigenvalue weighted by molar-refractivity contribution is -0.870. The molecule has 542 valence electrons. The molecule has 0 saturated carbocycles. The van der Waals surface area contributed by atoms with Gasteiger partial charge >= 0.3 is 11.9 Å². The van der Waals surface area contributed by atoms with Gasteiger partial charge in [0.15, 0.2) is 6.10 Å². The highest BCUT2D eigenvalue weighted by Crippen LogP contribution is 2.38. The van der Waals surface area contributed by atoms with E-state index >= 15 is 0 Å². The summed E-state index contributed by atoms with van der Waals surface area (Å²) in [6.45, 7) is 4.05. The Hall–Kier alpha value is -3.59. The van der Waals surface area contributed by atoms with Gasteiger partial charge in [-0.3, -0.25) is 14.2 Å². The first kappa shape index (κ1) is 90.4. The van der Waals surface area contributed by atoms with E-state index in [1.807, 2.05) is 21.1 Å². The van der Waals surface area contributed by atoms with Gasteiger partial charge < -0.3 is 27.9 Å². The monoisotopic (exact) mass is 1330 g/mol. The molecule has 10 heteroatoms. The first-order valence-corrected chi connectivity index (χ1v) is 40.7. The Morgan fingerprint density at radius 3 is 0.851 bits per heavy atom. The average molecular weight is 1330 g/mol. The van der Waals surface area contributed by atoms with Gasteiger partial charge in [0, 0.05) is 12.8 Å². The molecule has 0 rings (SSSR count). The van der Waals surface area contributed by atoms with Crippen molar-refractivity contribution in [2.75, 3.05) is 47.5 Å². The summed E-state index contributed by atoms with van der Waals surface area (Å²) in [7, 11) is 1.17. The molecule has 2 atom stereocenters. The number of esters is 2. The summed E-state index contributed by atoms with van der Waals surface area (Å²) < 4.78 is 34.4. The molecule has 0 radical (unpaired) electrons. The smallest absolute Gasteiger partial charge is 0.306 e. The Bertz CT molecular complexity index is 2010. The molecule has 9 nitrogen and oxygen atoms in total. The molecule has 94 heavy (non-hydrogen) atoms. The molecule has 2 unspecified atom stereocenters. The van der Waals surface area contributed by atoms with Gasteiger partial charge in [0.2, 0.25) is 0 Å². The maximum atomic E-state index is 12.9. The molecule has 0 aliphatic carbocycles. The minimum atomic E-state index is -4.65. The fraction of sp³-hybridized carbons (Fsp3) is 0.738. The van der Waals surface area contributed by atoms with Gasteiger partial charge in [0.05, 0.1) is 27.7 Å². The number of rotatable bonds is 72. The summed E-state index contributed by atoms with van der Waals surface area (Å²) >= 11 is 0. The van der Waals surface area contributed by atoms with Crippen LogP contribution in [0.2, 0.25) is 0 Å². The van der Waals surface area contributed by atoms with E-state index in [9.17, 15) is 19.0 Å². The summed E-state index contributed by atoms with van der Waals surface area (Å²) in [4.78, 5) is 38.2. The molecule has 0 amide bonds. The zero-order chi connectivity index (χ0) is 68.3. The summed E-state index contributed by atoms with van der Waals surface area (Å²) in [5.41, 5.74) is 0. The molecule has 0 heterocycles. The van der Waals surface area contributed by atoms with E-state index in [4.69, 9.17) is 18.5 Å². The third-order valence-electron chi connectivity index (χ3n) is 17.0. The van der Waals surface area contributed by atoms with Gasteiger partial charge in [-0.15, -0.1) is 0 Å². The second-order valence-electron chi connectivity index (χ2n) is 27.3. The normalized spacial score (nSPS) is 13.7. The molecular formula is C84H148NO8P. The lowest BCUT2D eigenvalue weighted by Gasteiger charge is -2.28. The zero-order valence-corrected chi connectivity index (χ0v) is 62.8. The summed E-state index contributed by atoms with van der Waals surface area (Å²) in [5, 5.41) is 0. The first-order valence-electron chi connectivity index (χ1n) is 39.2. The minimum absolute atomic E-state index is 0.0336. The molecule has 0 bridgehead atoms. The quantitative estimate of drug-likeness (QED) is 0.0195. The lowest BCUT2D eigenvalue weighted by atomic mass is 10.0. The van der Waals surface area contributed by atoms with Crippen molar-refractivity contribution in [1.29, 1.82) is 0 Å². The van der Waals surface area contributed by atoms with Gasteiger partial charge in [0.1, 0.15) is 19.8 Å². The number of likely N-dealkylation sites (N-methyl/N-ethyl adjacent to an activating group) is 1. The number of carbonyl (C=O) groups is 2. The van der Waals surface area contributed by atoms with Crippen LogP contribution in [-0.4, -0.2) is 70.0 Å². The van der Waals surface area contributed by atoms with Crippen LogP contribution in [0.4, 0.5) is 0 Å². The number of hydrogen-bond donors (Lipinski definition) is 0. The van der Waals surface area contributed by atoms with Crippen molar-refractivity contribution >= 4 is 19.8 Å².